The van der Waals surface area contributed by atoms with E-state index < -0.39 is 0 Å². The molecule has 2 aliphatic heterocycles. The summed E-state index contributed by atoms with van der Waals surface area (Å²) >= 11 is 0. The van der Waals surface area contributed by atoms with Gasteiger partial charge >= 0.3 is 0 Å². The van der Waals surface area contributed by atoms with Crippen molar-refractivity contribution in [3.05, 3.63) is 46.7 Å². The van der Waals surface area contributed by atoms with Crippen molar-refractivity contribution in [1.29, 1.82) is 0 Å². The molecule has 0 aromatic heterocycles. The van der Waals surface area contributed by atoms with Gasteiger partial charge < -0.3 is 4.90 Å². The van der Waals surface area contributed by atoms with Crippen LogP contribution in [0.3, 0.4) is 0 Å². The highest BCUT2D eigenvalue weighted by Gasteiger charge is 2.41. The highest BCUT2D eigenvalue weighted by molar-refractivity contribution is 6.22. The monoisotopic (exact) mass is 253 g/mol. The van der Waals surface area contributed by atoms with Crippen LogP contribution >= 0.6 is 0 Å². The number of hydrogen-bond acceptors (Lipinski definition) is 3. The minimum Gasteiger partial charge on any atom is -0.366 e. The van der Waals surface area contributed by atoms with Crippen molar-refractivity contribution in [2.75, 3.05) is 6.54 Å². The summed E-state index contributed by atoms with van der Waals surface area (Å²) in [6, 6.07) is 8.53. The molecule has 1 atom stereocenters. The summed E-state index contributed by atoms with van der Waals surface area (Å²) in [5, 5.41) is 0. The van der Waals surface area contributed by atoms with E-state index in [0.717, 1.165) is 25.1 Å². The molecule has 1 aromatic carbocycles. The number of benzene rings is 1. The molecule has 96 valence electrons. The fourth-order valence-corrected chi connectivity index (χ4v) is 3.72. The zero-order chi connectivity index (χ0) is 13.0. The second-order valence-electron chi connectivity index (χ2n) is 5.53. The average molecular weight is 253 g/mol. The van der Waals surface area contributed by atoms with Crippen LogP contribution in [0, 0.1) is 0 Å². The molecule has 0 amide bonds. The second kappa shape index (κ2) is 3.80. The summed E-state index contributed by atoms with van der Waals surface area (Å²) in [7, 11) is 0. The molecule has 3 aliphatic rings. The molecule has 0 fully saturated rings. The third kappa shape index (κ3) is 1.44. The quantitative estimate of drug-likeness (QED) is 0.665. The highest BCUT2D eigenvalue weighted by Crippen LogP contribution is 2.43. The lowest BCUT2D eigenvalue weighted by atomic mass is 9.85. The predicted octanol–water partition coefficient (Wildman–Crippen LogP) is 2.18. The molecule has 2 heterocycles. The molecule has 4 rings (SSSR count). The summed E-state index contributed by atoms with van der Waals surface area (Å²) in [6.45, 7) is 0.932. The van der Waals surface area contributed by atoms with E-state index in [1.165, 1.54) is 11.1 Å². The van der Waals surface area contributed by atoms with Gasteiger partial charge in [-0.2, -0.15) is 0 Å². The van der Waals surface area contributed by atoms with E-state index in [1.807, 2.05) is 6.07 Å². The number of carbonyl (C=O) groups excluding carboxylic acids is 2. The van der Waals surface area contributed by atoms with Gasteiger partial charge in [-0.05, 0) is 24.0 Å². The molecule has 0 N–H and O–H groups in total. The van der Waals surface area contributed by atoms with Crippen molar-refractivity contribution in [3.8, 4) is 0 Å². The zero-order valence-electron chi connectivity index (χ0n) is 10.7. The topological polar surface area (TPSA) is 37.4 Å². The van der Waals surface area contributed by atoms with E-state index in [9.17, 15) is 9.59 Å². The van der Waals surface area contributed by atoms with Crippen LogP contribution in [0.5, 0.6) is 0 Å². The Kier molecular flexibility index (Phi) is 2.19. The second-order valence-corrected chi connectivity index (χ2v) is 5.53. The summed E-state index contributed by atoms with van der Waals surface area (Å²) in [5.41, 5.74) is 4.15. The molecule has 19 heavy (non-hydrogen) atoms. The van der Waals surface area contributed by atoms with E-state index in [-0.39, 0.29) is 17.6 Å². The molecule has 1 aromatic rings. The van der Waals surface area contributed by atoms with Gasteiger partial charge in [-0.15, -0.1) is 0 Å². The first-order chi connectivity index (χ1) is 9.25. The van der Waals surface area contributed by atoms with Crippen LogP contribution < -0.4 is 0 Å². The molecule has 0 saturated heterocycles. The lowest BCUT2D eigenvalue weighted by molar-refractivity contribution is -0.122. The van der Waals surface area contributed by atoms with Crippen LogP contribution in [0.1, 0.15) is 36.4 Å². The third-order valence-corrected chi connectivity index (χ3v) is 4.57. The van der Waals surface area contributed by atoms with Crippen LogP contribution in [-0.2, 0) is 16.0 Å². The van der Waals surface area contributed by atoms with Gasteiger partial charge in [-0.1, -0.05) is 24.3 Å². The number of rotatable bonds is 0. The minimum absolute atomic E-state index is 0.0513. The Morgan fingerprint density at radius 3 is 2.74 bits per heavy atom. The first-order valence-corrected chi connectivity index (χ1v) is 6.89. The van der Waals surface area contributed by atoms with Crippen molar-refractivity contribution in [2.24, 2.45) is 0 Å². The van der Waals surface area contributed by atoms with Gasteiger partial charge in [0.2, 0.25) is 0 Å². The van der Waals surface area contributed by atoms with Crippen LogP contribution in [0.15, 0.2) is 35.5 Å². The molecule has 3 nitrogen and oxygen atoms in total. The highest BCUT2D eigenvalue weighted by atomic mass is 16.1. The molecule has 0 unspecified atom stereocenters. The normalized spacial score (nSPS) is 25.3. The van der Waals surface area contributed by atoms with Crippen LogP contribution in [0.2, 0.25) is 0 Å². The fraction of sp³-hybridized carbons (Fsp3) is 0.375. The third-order valence-electron chi connectivity index (χ3n) is 4.57. The largest absolute Gasteiger partial charge is 0.366 e. The molecule has 0 radical (unpaired) electrons. The van der Waals surface area contributed by atoms with Crippen LogP contribution in [0.25, 0.3) is 0 Å². The number of hydrogen-bond donors (Lipinski definition) is 0. The van der Waals surface area contributed by atoms with Crippen molar-refractivity contribution in [1.82, 2.24) is 4.90 Å². The van der Waals surface area contributed by atoms with Crippen molar-refractivity contribution < 1.29 is 9.59 Å². The summed E-state index contributed by atoms with van der Waals surface area (Å²) in [5.74, 6) is 0.104. The molecule has 0 saturated carbocycles. The fourth-order valence-electron chi connectivity index (χ4n) is 3.72. The number of fused-ring (bicyclic) bond motifs is 4. The summed E-state index contributed by atoms with van der Waals surface area (Å²) in [4.78, 5) is 26.4. The molecular formula is C16H15NO2. The molecule has 1 aliphatic carbocycles. The maximum Gasteiger partial charge on any atom is 0.170 e. The maximum absolute atomic E-state index is 12.2. The molecule has 3 heteroatoms. The lowest BCUT2D eigenvalue weighted by Crippen LogP contribution is -2.40. The SMILES string of the molecule is O=C1CCC2=C1C(=O)C[C@@H]1c3ccccc3CCN21. The molecular weight excluding hydrogens is 238 g/mol. The van der Waals surface area contributed by atoms with Gasteiger partial charge in [0.15, 0.2) is 11.6 Å². The van der Waals surface area contributed by atoms with Gasteiger partial charge in [-0.25, -0.2) is 0 Å². The Balaban J connectivity index is 1.84. The predicted molar refractivity (Wildman–Crippen MR) is 70.5 cm³/mol. The van der Waals surface area contributed by atoms with Gasteiger partial charge in [-0.3, -0.25) is 9.59 Å². The van der Waals surface area contributed by atoms with Crippen LogP contribution in [-0.4, -0.2) is 23.0 Å². The number of ketones is 2. The number of nitrogens with zero attached hydrogens (tertiary/aromatic N) is 1. The molecule has 0 spiro atoms. The van der Waals surface area contributed by atoms with E-state index >= 15 is 0 Å². The Morgan fingerprint density at radius 2 is 1.84 bits per heavy atom. The Labute approximate surface area is 111 Å². The lowest BCUT2D eigenvalue weighted by Gasteiger charge is -2.42. The first-order valence-electron chi connectivity index (χ1n) is 6.89. The number of carbonyl (C=O) groups is 2. The minimum atomic E-state index is 0.0513. The zero-order valence-corrected chi connectivity index (χ0v) is 10.7. The van der Waals surface area contributed by atoms with Crippen LogP contribution in [0.4, 0.5) is 0 Å². The summed E-state index contributed by atoms with van der Waals surface area (Å²) < 4.78 is 0. The van der Waals surface area contributed by atoms with Gasteiger partial charge in [0.25, 0.3) is 0 Å². The number of allylic oxidation sites excluding steroid dienone is 2. The van der Waals surface area contributed by atoms with E-state index in [2.05, 4.69) is 23.1 Å². The van der Waals surface area contributed by atoms with E-state index in [1.54, 1.807) is 0 Å². The molecule has 0 bridgehead atoms. The van der Waals surface area contributed by atoms with Crippen molar-refractivity contribution >= 4 is 11.6 Å². The van der Waals surface area contributed by atoms with E-state index in [4.69, 9.17) is 0 Å². The first kappa shape index (κ1) is 11.0. The van der Waals surface area contributed by atoms with Gasteiger partial charge in [0.1, 0.15) is 0 Å². The Bertz CT molecular complexity index is 629. The number of Topliss-reactive ketones (excluding diaryl/α,β-unsaturated/α-hetero) is 2. The Hall–Kier alpha value is -1.90. The maximum atomic E-state index is 12.2. The summed E-state index contributed by atoms with van der Waals surface area (Å²) in [6.07, 6.45) is 2.73. The van der Waals surface area contributed by atoms with Crippen molar-refractivity contribution in [3.63, 3.8) is 0 Å². The smallest absolute Gasteiger partial charge is 0.170 e. The average Bonchev–Trinajstić information content (AvgIpc) is 2.82. The van der Waals surface area contributed by atoms with Gasteiger partial charge in [0.05, 0.1) is 11.6 Å². The van der Waals surface area contributed by atoms with E-state index in [0.29, 0.717) is 18.4 Å². The Morgan fingerprint density at radius 1 is 1.00 bits per heavy atom. The van der Waals surface area contributed by atoms with Crippen molar-refractivity contribution in [2.45, 2.75) is 31.7 Å². The standard InChI is InChI=1S/C16H15NO2/c18-14-6-5-12-16(14)15(19)9-13-11-4-2-1-3-10(11)7-8-17(12)13/h1-4,13H,5-9H2/t13-/m1/s1. The van der Waals surface area contributed by atoms with Gasteiger partial charge in [0, 0.05) is 25.1 Å².